The molecular weight excluding hydrogens is 695 g/mol. The van der Waals surface area contributed by atoms with Gasteiger partial charge in [-0.3, -0.25) is 9.59 Å². The highest BCUT2D eigenvalue weighted by Gasteiger charge is 2.24. The molecule has 0 fully saturated rings. The maximum Gasteiger partial charge on any atom is 0.306 e. The van der Waals surface area contributed by atoms with Gasteiger partial charge < -0.3 is 20.3 Å². The third-order valence-electron chi connectivity index (χ3n) is 10.3. The van der Waals surface area contributed by atoms with Gasteiger partial charge in [-0.2, -0.15) is 0 Å². The van der Waals surface area contributed by atoms with Crippen LogP contribution in [0.1, 0.15) is 220 Å². The Morgan fingerprint density at radius 1 is 0.536 bits per heavy atom. The Morgan fingerprint density at radius 2 is 0.964 bits per heavy atom. The Morgan fingerprint density at radius 3 is 1.46 bits per heavy atom. The van der Waals surface area contributed by atoms with Gasteiger partial charge in [0.25, 0.3) is 0 Å². The van der Waals surface area contributed by atoms with Crippen molar-refractivity contribution in [1.82, 2.24) is 5.32 Å². The molecule has 0 aromatic carbocycles. The lowest BCUT2D eigenvalue weighted by Gasteiger charge is -2.24. The zero-order valence-corrected chi connectivity index (χ0v) is 36.8. The zero-order chi connectivity index (χ0) is 41.0. The quantitative estimate of drug-likeness (QED) is 0.0326. The number of nitrogens with one attached hydrogen (secondary N) is 1. The number of carbonyl (C=O) groups excluding carboxylic acids is 2. The number of aliphatic hydroxyl groups is 2. The van der Waals surface area contributed by atoms with Crippen molar-refractivity contribution < 1.29 is 24.5 Å². The number of aliphatic hydroxyl groups excluding tert-OH is 2. The standard InChI is InChI=1S/C50H89NO5/c1-4-7-10-13-16-19-21-23-25-27-30-32-35-38-41-46(56-50(55)43-40-37-34-31-28-26-24-22-20-17-14-11-8-5-2)44-49(54)51-47(45-52)48(53)42-39-36-33-29-18-15-12-9-6-3/h7-8,10-11,16-17,19-20,23,25,46-48,52-53H,4-6,9,12-15,18,21-22,24,26-45H2,1-3H3,(H,51,54)/b10-7+,11-8+,19-16+,20-17+,25-23+. The summed E-state index contributed by atoms with van der Waals surface area (Å²) in [6.45, 7) is 6.23. The Labute approximate surface area is 346 Å². The number of amides is 1. The molecule has 0 aromatic heterocycles. The Bertz CT molecular complexity index is 1010. The summed E-state index contributed by atoms with van der Waals surface area (Å²) in [4.78, 5) is 26.0. The van der Waals surface area contributed by atoms with Crippen LogP contribution in [-0.2, 0) is 14.3 Å². The zero-order valence-electron chi connectivity index (χ0n) is 36.8. The highest BCUT2D eigenvalue weighted by Crippen LogP contribution is 2.17. The summed E-state index contributed by atoms with van der Waals surface area (Å²) in [5, 5.41) is 23.6. The molecule has 0 aliphatic rings. The van der Waals surface area contributed by atoms with Gasteiger partial charge >= 0.3 is 5.97 Å². The minimum atomic E-state index is -0.794. The molecule has 0 aliphatic heterocycles. The molecule has 3 atom stereocenters. The van der Waals surface area contributed by atoms with Gasteiger partial charge in [-0.05, 0) is 83.5 Å². The Balaban J connectivity index is 4.65. The van der Waals surface area contributed by atoms with Crippen LogP contribution in [0, 0.1) is 0 Å². The molecule has 0 aliphatic carbocycles. The highest BCUT2D eigenvalue weighted by molar-refractivity contribution is 5.77. The summed E-state index contributed by atoms with van der Waals surface area (Å²) in [6, 6.07) is -0.709. The van der Waals surface area contributed by atoms with Crippen molar-refractivity contribution in [3.8, 4) is 0 Å². The summed E-state index contributed by atoms with van der Waals surface area (Å²) in [7, 11) is 0. The van der Waals surface area contributed by atoms with E-state index in [0.29, 0.717) is 19.3 Å². The van der Waals surface area contributed by atoms with Crippen molar-refractivity contribution in [2.45, 2.75) is 238 Å². The molecule has 0 radical (unpaired) electrons. The van der Waals surface area contributed by atoms with Crippen molar-refractivity contribution in [3.63, 3.8) is 0 Å². The van der Waals surface area contributed by atoms with E-state index < -0.39 is 18.2 Å². The number of carbonyl (C=O) groups is 2. The Hall–Kier alpha value is -2.44. The van der Waals surface area contributed by atoms with E-state index in [0.717, 1.165) is 109 Å². The minimum Gasteiger partial charge on any atom is -0.462 e. The van der Waals surface area contributed by atoms with Crippen LogP contribution in [0.2, 0.25) is 0 Å². The molecule has 6 nitrogen and oxygen atoms in total. The van der Waals surface area contributed by atoms with Crippen molar-refractivity contribution in [1.29, 1.82) is 0 Å². The van der Waals surface area contributed by atoms with Crippen molar-refractivity contribution in [2.75, 3.05) is 6.61 Å². The van der Waals surface area contributed by atoms with Crippen molar-refractivity contribution in [3.05, 3.63) is 60.8 Å². The first-order valence-electron chi connectivity index (χ1n) is 23.5. The number of allylic oxidation sites excluding steroid dienone is 10. The predicted molar refractivity (Wildman–Crippen MR) is 241 cm³/mol. The third-order valence-corrected chi connectivity index (χ3v) is 10.3. The molecule has 0 spiro atoms. The van der Waals surface area contributed by atoms with Gasteiger partial charge in [-0.15, -0.1) is 0 Å². The second kappa shape index (κ2) is 43.7. The van der Waals surface area contributed by atoms with E-state index in [1.807, 2.05) is 0 Å². The van der Waals surface area contributed by atoms with Crippen molar-refractivity contribution in [2.24, 2.45) is 0 Å². The molecule has 324 valence electrons. The van der Waals surface area contributed by atoms with Gasteiger partial charge in [0, 0.05) is 6.42 Å². The SMILES string of the molecule is CC/C=C/C/C=C/C/C=C/CCCCCCC(CC(=O)NC(CO)C(O)CCCCCCCCCCC)OC(=O)CCCCCCCCC/C=C/C/C=C/CC. The molecule has 0 heterocycles. The lowest BCUT2D eigenvalue weighted by Crippen LogP contribution is -2.46. The monoisotopic (exact) mass is 784 g/mol. The summed E-state index contributed by atoms with van der Waals surface area (Å²) >= 11 is 0. The summed E-state index contributed by atoms with van der Waals surface area (Å²) < 4.78 is 5.90. The van der Waals surface area contributed by atoms with E-state index in [1.54, 1.807) is 0 Å². The average molecular weight is 784 g/mol. The molecule has 0 rings (SSSR count). The van der Waals surface area contributed by atoms with E-state index in [1.165, 1.54) is 64.2 Å². The highest BCUT2D eigenvalue weighted by atomic mass is 16.5. The molecular formula is C50H89NO5. The molecule has 0 saturated heterocycles. The van der Waals surface area contributed by atoms with Crippen LogP contribution in [0.4, 0.5) is 0 Å². The molecule has 6 heteroatoms. The van der Waals surface area contributed by atoms with Crippen LogP contribution in [0.15, 0.2) is 60.8 Å². The maximum absolute atomic E-state index is 13.1. The number of unbranched alkanes of at least 4 members (excludes halogenated alkanes) is 19. The van der Waals surface area contributed by atoms with Gasteiger partial charge in [-0.25, -0.2) is 0 Å². The van der Waals surface area contributed by atoms with Gasteiger partial charge in [-0.1, -0.05) is 184 Å². The molecule has 3 unspecified atom stereocenters. The van der Waals surface area contributed by atoms with Crippen LogP contribution in [0.5, 0.6) is 0 Å². The molecule has 0 aromatic rings. The number of hydrogen-bond donors (Lipinski definition) is 3. The smallest absolute Gasteiger partial charge is 0.306 e. The van der Waals surface area contributed by atoms with Crippen molar-refractivity contribution >= 4 is 11.9 Å². The topological polar surface area (TPSA) is 95.9 Å². The summed E-state index contributed by atoms with van der Waals surface area (Å²) in [6.07, 6.45) is 52.8. The first kappa shape index (κ1) is 53.6. The maximum atomic E-state index is 13.1. The molecule has 0 saturated carbocycles. The first-order valence-corrected chi connectivity index (χ1v) is 23.5. The Kier molecular flexibility index (Phi) is 41.8. The number of esters is 1. The lowest BCUT2D eigenvalue weighted by atomic mass is 10.0. The van der Waals surface area contributed by atoms with Gasteiger partial charge in [0.15, 0.2) is 0 Å². The van der Waals surface area contributed by atoms with Crippen LogP contribution in [0.25, 0.3) is 0 Å². The molecule has 1 amide bonds. The first-order chi connectivity index (χ1) is 27.5. The predicted octanol–water partition coefficient (Wildman–Crippen LogP) is 13.7. The van der Waals surface area contributed by atoms with Gasteiger partial charge in [0.05, 0.1) is 25.2 Å². The van der Waals surface area contributed by atoms with Gasteiger partial charge in [0.1, 0.15) is 6.10 Å². The van der Waals surface area contributed by atoms with E-state index in [9.17, 15) is 19.8 Å². The van der Waals surface area contributed by atoms with E-state index in [4.69, 9.17) is 4.74 Å². The normalized spacial score (nSPS) is 13.9. The number of rotatable bonds is 41. The molecule has 0 bridgehead atoms. The summed E-state index contributed by atoms with van der Waals surface area (Å²) in [5.74, 6) is -0.509. The lowest BCUT2D eigenvalue weighted by molar-refractivity contribution is -0.151. The van der Waals surface area contributed by atoms with E-state index in [2.05, 4.69) is 86.8 Å². The minimum absolute atomic E-state index is 0.0577. The van der Waals surface area contributed by atoms with Crippen LogP contribution >= 0.6 is 0 Å². The number of ether oxygens (including phenoxy) is 1. The molecule has 56 heavy (non-hydrogen) atoms. The average Bonchev–Trinajstić information content (AvgIpc) is 3.19. The molecule has 3 N–H and O–H groups in total. The second-order valence-corrected chi connectivity index (χ2v) is 15.7. The van der Waals surface area contributed by atoms with E-state index >= 15 is 0 Å². The fraction of sp³-hybridized carbons (Fsp3) is 0.760. The van der Waals surface area contributed by atoms with Crippen LogP contribution in [-0.4, -0.2) is 46.9 Å². The fourth-order valence-corrected chi connectivity index (χ4v) is 6.83. The summed E-state index contributed by atoms with van der Waals surface area (Å²) in [5.41, 5.74) is 0. The second-order valence-electron chi connectivity index (χ2n) is 15.7. The fourth-order valence-electron chi connectivity index (χ4n) is 6.83. The number of hydrogen-bond acceptors (Lipinski definition) is 5. The third kappa shape index (κ3) is 38.4. The van der Waals surface area contributed by atoms with E-state index in [-0.39, 0.29) is 24.9 Å². The van der Waals surface area contributed by atoms with Crippen LogP contribution < -0.4 is 5.32 Å². The van der Waals surface area contributed by atoms with Gasteiger partial charge in [0.2, 0.25) is 5.91 Å². The van der Waals surface area contributed by atoms with Crippen LogP contribution in [0.3, 0.4) is 0 Å². The largest absolute Gasteiger partial charge is 0.462 e.